The lowest BCUT2D eigenvalue weighted by atomic mass is 9.68. The Labute approximate surface area is 193 Å². The first-order valence-electron chi connectivity index (χ1n) is 9.32. The maximum Gasteiger partial charge on any atom is 0.315 e. The van der Waals surface area contributed by atoms with Gasteiger partial charge in [-0.3, -0.25) is 24.7 Å². The second-order valence-corrected chi connectivity index (χ2v) is 9.10. The number of nitro benzene ring substituents is 1. The van der Waals surface area contributed by atoms with Gasteiger partial charge in [0.25, 0.3) is 5.69 Å². The van der Waals surface area contributed by atoms with E-state index in [1.165, 1.54) is 38.1 Å². The average Bonchev–Trinajstić information content (AvgIpc) is 2.66. The Morgan fingerprint density at radius 1 is 1.23 bits per heavy atom. The van der Waals surface area contributed by atoms with Gasteiger partial charge in [0.05, 0.1) is 18.1 Å². The normalized spacial score (nSPS) is 26.0. The quantitative estimate of drug-likeness (QED) is 0.276. The number of nitro groups is 1. The number of carbonyl (C=O) groups is 2. The lowest BCUT2D eigenvalue weighted by Gasteiger charge is -2.46. The number of halogens is 3. The van der Waals surface area contributed by atoms with E-state index in [4.69, 9.17) is 44.3 Å². The van der Waals surface area contributed by atoms with E-state index in [0.29, 0.717) is 0 Å². The minimum Gasteiger partial charge on any atom is -0.466 e. The molecule has 4 unspecified atom stereocenters. The van der Waals surface area contributed by atoms with Crippen molar-refractivity contribution in [3.63, 3.8) is 0 Å². The molecule has 0 amide bonds. The lowest BCUT2D eigenvalue weighted by molar-refractivity contribution is -0.385. The first-order valence-corrected chi connectivity index (χ1v) is 10.4. The van der Waals surface area contributed by atoms with E-state index < -0.39 is 44.1 Å². The monoisotopic (exact) mass is 494 g/mol. The SMILES string of the molecule is CCOC(=O)C1C(C)=NC(O)(C(Cl)(Cl)Cl)C(C(=O)OCC)C1c1cccc([N+](=O)[O-])c1. The molecule has 1 aromatic rings. The van der Waals surface area contributed by atoms with Crippen LogP contribution in [0.3, 0.4) is 0 Å². The van der Waals surface area contributed by atoms with Crippen molar-refractivity contribution in [2.45, 2.75) is 36.2 Å². The number of ether oxygens (including phenoxy) is 2. The van der Waals surface area contributed by atoms with E-state index in [-0.39, 0.29) is 30.2 Å². The van der Waals surface area contributed by atoms with Gasteiger partial charge >= 0.3 is 11.9 Å². The van der Waals surface area contributed by atoms with Gasteiger partial charge in [-0.25, -0.2) is 0 Å². The number of rotatable bonds is 6. The number of esters is 2. The molecule has 1 heterocycles. The summed E-state index contributed by atoms with van der Waals surface area (Å²) in [5.41, 5.74) is -2.70. The minimum absolute atomic E-state index is 0.0308. The maximum atomic E-state index is 13.0. The molecule has 0 saturated heterocycles. The lowest BCUT2D eigenvalue weighted by Crippen LogP contribution is -2.59. The van der Waals surface area contributed by atoms with Crippen LogP contribution in [0.25, 0.3) is 0 Å². The summed E-state index contributed by atoms with van der Waals surface area (Å²) in [6, 6.07) is 5.27. The molecule has 1 aliphatic heterocycles. The number of aliphatic hydroxyl groups is 1. The van der Waals surface area contributed by atoms with E-state index in [1.54, 1.807) is 6.92 Å². The van der Waals surface area contributed by atoms with Crippen molar-refractivity contribution < 1.29 is 29.1 Å². The predicted octanol–water partition coefficient (Wildman–Crippen LogP) is 3.57. The van der Waals surface area contributed by atoms with Gasteiger partial charge in [0, 0.05) is 23.8 Å². The molecule has 1 N–H and O–H groups in total. The number of non-ortho nitro benzene ring substituents is 1. The minimum atomic E-state index is -2.62. The third kappa shape index (κ3) is 4.95. The van der Waals surface area contributed by atoms with Gasteiger partial charge < -0.3 is 14.6 Å². The van der Waals surface area contributed by atoms with Gasteiger partial charge in [-0.2, -0.15) is 0 Å². The Morgan fingerprint density at radius 3 is 2.32 bits per heavy atom. The summed E-state index contributed by atoms with van der Waals surface area (Å²) < 4.78 is 7.74. The predicted molar refractivity (Wildman–Crippen MR) is 114 cm³/mol. The number of benzene rings is 1. The first-order chi connectivity index (χ1) is 14.4. The summed E-state index contributed by atoms with van der Waals surface area (Å²) in [6.07, 6.45) is 0. The topological polar surface area (TPSA) is 128 Å². The molecule has 1 aromatic carbocycles. The zero-order valence-electron chi connectivity index (χ0n) is 16.9. The number of alkyl halides is 3. The van der Waals surface area contributed by atoms with Crippen LogP contribution in [0.4, 0.5) is 5.69 Å². The number of hydrogen-bond donors (Lipinski definition) is 1. The van der Waals surface area contributed by atoms with Crippen molar-refractivity contribution in [3.05, 3.63) is 39.9 Å². The zero-order valence-corrected chi connectivity index (χ0v) is 19.1. The van der Waals surface area contributed by atoms with Crippen LogP contribution in [0, 0.1) is 22.0 Å². The van der Waals surface area contributed by atoms with Crippen LogP contribution < -0.4 is 0 Å². The fourth-order valence-electron chi connectivity index (χ4n) is 3.67. The maximum absolute atomic E-state index is 13.0. The molecule has 4 atom stereocenters. The molecule has 0 bridgehead atoms. The molecule has 0 saturated carbocycles. The van der Waals surface area contributed by atoms with Crippen molar-refractivity contribution in [2.24, 2.45) is 16.8 Å². The van der Waals surface area contributed by atoms with E-state index in [2.05, 4.69) is 4.99 Å². The average molecular weight is 496 g/mol. The first kappa shape index (κ1) is 25.3. The highest BCUT2D eigenvalue weighted by Gasteiger charge is 2.64. The number of nitrogens with zero attached hydrogens (tertiary/aromatic N) is 2. The summed E-state index contributed by atoms with van der Waals surface area (Å²) in [4.78, 5) is 40.5. The molecule has 0 fully saturated rings. The van der Waals surface area contributed by atoms with Crippen LogP contribution in [0.2, 0.25) is 0 Å². The molecule has 31 heavy (non-hydrogen) atoms. The van der Waals surface area contributed by atoms with Gasteiger partial charge in [-0.1, -0.05) is 46.9 Å². The molecule has 12 heteroatoms. The van der Waals surface area contributed by atoms with Crippen molar-refractivity contribution in [2.75, 3.05) is 13.2 Å². The third-order valence-electron chi connectivity index (χ3n) is 4.91. The highest BCUT2D eigenvalue weighted by molar-refractivity contribution is 6.68. The summed E-state index contributed by atoms with van der Waals surface area (Å²) in [5.74, 6) is -5.83. The molecular formula is C19H21Cl3N2O7. The van der Waals surface area contributed by atoms with Crippen LogP contribution >= 0.6 is 34.8 Å². The Kier molecular flexibility index (Phi) is 7.91. The van der Waals surface area contributed by atoms with Crippen LogP contribution in [0.15, 0.2) is 29.3 Å². The summed E-state index contributed by atoms with van der Waals surface area (Å²) in [6.45, 7) is 4.50. The molecular weight excluding hydrogens is 475 g/mol. The van der Waals surface area contributed by atoms with E-state index in [0.717, 1.165) is 0 Å². The fourth-order valence-corrected chi connectivity index (χ4v) is 4.15. The molecule has 0 radical (unpaired) electrons. The molecule has 9 nitrogen and oxygen atoms in total. The number of hydrogen-bond acceptors (Lipinski definition) is 8. The van der Waals surface area contributed by atoms with Gasteiger partial charge in [0.15, 0.2) is 0 Å². The van der Waals surface area contributed by atoms with E-state index in [9.17, 15) is 24.8 Å². The van der Waals surface area contributed by atoms with E-state index >= 15 is 0 Å². The smallest absolute Gasteiger partial charge is 0.315 e. The Morgan fingerprint density at radius 2 is 1.81 bits per heavy atom. The summed E-state index contributed by atoms with van der Waals surface area (Å²) >= 11 is 18.1. The Balaban J connectivity index is 2.85. The highest BCUT2D eigenvalue weighted by Crippen LogP contribution is 2.53. The number of carbonyl (C=O) groups excluding carboxylic acids is 2. The Bertz CT molecular complexity index is 903. The van der Waals surface area contributed by atoms with Gasteiger partial charge in [0.1, 0.15) is 11.8 Å². The van der Waals surface area contributed by atoms with Crippen LogP contribution in [-0.2, 0) is 19.1 Å². The van der Waals surface area contributed by atoms with Crippen molar-refractivity contribution in [1.29, 1.82) is 0 Å². The van der Waals surface area contributed by atoms with Crippen molar-refractivity contribution in [1.82, 2.24) is 0 Å². The van der Waals surface area contributed by atoms with Crippen LogP contribution in [-0.4, -0.2) is 50.4 Å². The molecule has 1 aliphatic rings. The summed E-state index contributed by atoms with van der Waals surface area (Å²) in [7, 11) is 0. The third-order valence-corrected chi connectivity index (χ3v) is 5.75. The van der Waals surface area contributed by atoms with Crippen LogP contribution in [0.5, 0.6) is 0 Å². The van der Waals surface area contributed by atoms with Crippen molar-refractivity contribution in [3.8, 4) is 0 Å². The molecule has 0 aliphatic carbocycles. The fraction of sp³-hybridized carbons (Fsp3) is 0.526. The summed E-state index contributed by atoms with van der Waals surface area (Å²) in [5, 5.41) is 22.6. The molecule has 170 valence electrons. The largest absolute Gasteiger partial charge is 0.466 e. The second-order valence-electron chi connectivity index (χ2n) is 6.81. The standard InChI is InChI=1S/C19H21Cl3N2O7/c1-4-30-16(25)13-10(3)23-18(27,19(20,21)22)15(17(26)31-5-2)14(13)11-7-6-8-12(9-11)24(28)29/h6-9,13-15,27H,4-5H2,1-3H3. The highest BCUT2D eigenvalue weighted by atomic mass is 35.6. The van der Waals surface area contributed by atoms with Gasteiger partial charge in [0.2, 0.25) is 9.52 Å². The molecule has 2 rings (SSSR count). The zero-order chi connectivity index (χ0) is 23.6. The van der Waals surface area contributed by atoms with Crippen molar-refractivity contribution >= 4 is 58.1 Å². The van der Waals surface area contributed by atoms with Crippen LogP contribution in [0.1, 0.15) is 32.3 Å². The number of aliphatic imine (C=N–C) groups is 1. The molecule has 0 spiro atoms. The second kappa shape index (κ2) is 9.68. The van der Waals surface area contributed by atoms with E-state index in [1.807, 2.05) is 0 Å². The molecule has 0 aromatic heterocycles. The van der Waals surface area contributed by atoms with Gasteiger partial charge in [-0.05, 0) is 26.3 Å². The van der Waals surface area contributed by atoms with Gasteiger partial charge in [-0.15, -0.1) is 0 Å². The Hall–Kier alpha value is -1.94.